The number of carboxylic acids is 1. The van der Waals surface area contributed by atoms with Crippen LogP contribution in [0.15, 0.2) is 42.5 Å². The summed E-state index contributed by atoms with van der Waals surface area (Å²) in [5.74, 6) is 1.00. The van der Waals surface area contributed by atoms with Gasteiger partial charge in [0.1, 0.15) is 5.75 Å². The fraction of sp³-hybridized carbons (Fsp3) is 0.407. The van der Waals surface area contributed by atoms with Crippen LogP contribution in [0.2, 0.25) is 0 Å². The van der Waals surface area contributed by atoms with Gasteiger partial charge in [-0.25, -0.2) is 0 Å². The van der Waals surface area contributed by atoms with E-state index in [2.05, 4.69) is 13.0 Å². The maximum atomic E-state index is 13.5. The van der Waals surface area contributed by atoms with E-state index in [1.165, 1.54) is 21.3 Å². The van der Waals surface area contributed by atoms with Crippen molar-refractivity contribution in [2.45, 2.75) is 39.2 Å². The zero-order valence-electron chi connectivity index (χ0n) is 21.6. The van der Waals surface area contributed by atoms with E-state index >= 15 is 0 Å². The van der Waals surface area contributed by atoms with Crippen LogP contribution in [0.3, 0.4) is 0 Å². The summed E-state index contributed by atoms with van der Waals surface area (Å²) in [5.41, 5.74) is 7.12. The van der Waals surface area contributed by atoms with E-state index < -0.39 is 5.97 Å². The molecule has 1 unspecified atom stereocenters. The Morgan fingerprint density at radius 2 is 1.67 bits per heavy atom. The van der Waals surface area contributed by atoms with Gasteiger partial charge in [0.25, 0.3) is 11.9 Å². The minimum atomic E-state index is -0.833. The molecule has 0 saturated heterocycles. The molecule has 9 nitrogen and oxygen atoms in total. The molecular weight excluding hydrogens is 464 g/mol. The minimum Gasteiger partial charge on any atom is -0.492 e. The van der Waals surface area contributed by atoms with Crippen LogP contribution in [0, 0.1) is 0 Å². The SMILES string of the molecule is CC(=O)O.CCCC1C=CCN1C(=O)c1cc(Oc2ccc(CCN)cc2)c(OC)c(OC)c1OC. The van der Waals surface area contributed by atoms with Crippen molar-refractivity contribution in [3.63, 3.8) is 0 Å². The Balaban J connectivity index is 0.00000106. The number of carbonyl (C=O) groups excluding carboxylic acids is 1. The van der Waals surface area contributed by atoms with E-state index in [1.807, 2.05) is 35.2 Å². The highest BCUT2D eigenvalue weighted by Crippen LogP contribution is 2.48. The normalized spacial score (nSPS) is 14.1. The van der Waals surface area contributed by atoms with E-state index in [0.29, 0.717) is 47.4 Å². The number of carbonyl (C=O) groups is 2. The number of methoxy groups -OCH3 is 3. The summed E-state index contributed by atoms with van der Waals surface area (Å²) in [7, 11) is 4.55. The second-order valence-corrected chi connectivity index (χ2v) is 8.07. The standard InChI is InChI=1S/C25H32N2O5.C2H4O2/c1-5-7-18-8-6-15-27(18)25(28)20-16-21(23(30-3)24(31-4)22(20)29-2)32-19-11-9-17(10-12-19)13-14-26;1-2(3)4/h6,8-12,16,18H,5,7,13-15,26H2,1-4H3;1H3,(H,3,4). The topological polar surface area (TPSA) is 121 Å². The monoisotopic (exact) mass is 500 g/mol. The van der Waals surface area contributed by atoms with E-state index in [9.17, 15) is 4.79 Å². The smallest absolute Gasteiger partial charge is 0.300 e. The lowest BCUT2D eigenvalue weighted by molar-refractivity contribution is -0.134. The van der Waals surface area contributed by atoms with E-state index in [0.717, 1.165) is 31.7 Å². The maximum Gasteiger partial charge on any atom is 0.300 e. The number of benzene rings is 2. The molecule has 196 valence electrons. The van der Waals surface area contributed by atoms with Gasteiger partial charge in [0, 0.05) is 19.5 Å². The zero-order chi connectivity index (χ0) is 26.7. The van der Waals surface area contributed by atoms with Crippen molar-refractivity contribution in [1.82, 2.24) is 4.90 Å². The molecule has 1 heterocycles. The lowest BCUT2D eigenvalue weighted by Crippen LogP contribution is -2.36. The number of amides is 1. The molecule has 0 aromatic heterocycles. The number of nitrogens with two attached hydrogens (primary N) is 1. The third kappa shape index (κ3) is 7.14. The van der Waals surface area contributed by atoms with E-state index in [1.54, 1.807) is 6.07 Å². The molecule has 0 saturated carbocycles. The fourth-order valence-corrected chi connectivity index (χ4v) is 3.94. The van der Waals surface area contributed by atoms with Crippen LogP contribution in [0.5, 0.6) is 28.7 Å². The Labute approximate surface area is 212 Å². The zero-order valence-corrected chi connectivity index (χ0v) is 21.6. The maximum absolute atomic E-state index is 13.5. The summed E-state index contributed by atoms with van der Waals surface area (Å²) >= 11 is 0. The van der Waals surface area contributed by atoms with Crippen molar-refractivity contribution in [3.05, 3.63) is 53.6 Å². The number of ether oxygens (including phenoxy) is 4. The molecule has 0 radical (unpaired) electrons. The molecule has 3 rings (SSSR count). The first kappa shape index (κ1) is 28.5. The van der Waals surface area contributed by atoms with Gasteiger partial charge in [0.15, 0.2) is 11.5 Å². The van der Waals surface area contributed by atoms with Crippen molar-refractivity contribution in [2.75, 3.05) is 34.4 Å². The summed E-state index contributed by atoms with van der Waals surface area (Å²) in [4.78, 5) is 24.4. The van der Waals surface area contributed by atoms with Gasteiger partial charge in [-0.15, -0.1) is 0 Å². The summed E-state index contributed by atoms with van der Waals surface area (Å²) in [6.45, 7) is 4.33. The Morgan fingerprint density at radius 3 is 2.19 bits per heavy atom. The highest BCUT2D eigenvalue weighted by atomic mass is 16.5. The Kier molecular flexibility index (Phi) is 11.1. The van der Waals surface area contributed by atoms with Gasteiger partial charge in [-0.3, -0.25) is 9.59 Å². The molecule has 0 bridgehead atoms. The van der Waals surface area contributed by atoms with Gasteiger partial charge in [-0.05, 0) is 37.1 Å². The second-order valence-electron chi connectivity index (χ2n) is 8.07. The van der Waals surface area contributed by atoms with Gasteiger partial charge in [-0.1, -0.05) is 37.6 Å². The molecule has 0 fully saturated rings. The Morgan fingerprint density at radius 1 is 1.06 bits per heavy atom. The average molecular weight is 501 g/mol. The first-order valence-corrected chi connectivity index (χ1v) is 11.8. The molecule has 1 aliphatic rings. The molecule has 3 N–H and O–H groups in total. The molecule has 1 atom stereocenters. The first-order chi connectivity index (χ1) is 17.3. The van der Waals surface area contributed by atoms with Crippen molar-refractivity contribution in [3.8, 4) is 28.7 Å². The lowest BCUT2D eigenvalue weighted by Gasteiger charge is -2.26. The molecule has 2 aromatic carbocycles. The average Bonchev–Trinajstić information content (AvgIpc) is 3.32. The molecule has 9 heteroatoms. The number of rotatable bonds is 10. The third-order valence-corrected chi connectivity index (χ3v) is 5.49. The predicted molar refractivity (Wildman–Crippen MR) is 138 cm³/mol. The molecule has 2 aromatic rings. The van der Waals surface area contributed by atoms with Gasteiger partial charge in [0.05, 0.1) is 32.9 Å². The highest BCUT2D eigenvalue weighted by molar-refractivity contribution is 5.99. The van der Waals surface area contributed by atoms with Gasteiger partial charge < -0.3 is 34.7 Å². The Hall–Kier alpha value is -3.72. The van der Waals surface area contributed by atoms with Crippen LogP contribution in [0.25, 0.3) is 0 Å². The predicted octanol–water partition coefficient (Wildman–Crippen LogP) is 4.28. The second kappa shape index (κ2) is 14.0. The van der Waals surface area contributed by atoms with Crippen LogP contribution in [0.1, 0.15) is 42.6 Å². The lowest BCUT2D eigenvalue weighted by atomic mass is 10.1. The van der Waals surface area contributed by atoms with Crippen molar-refractivity contribution < 1.29 is 33.6 Å². The van der Waals surface area contributed by atoms with Crippen molar-refractivity contribution >= 4 is 11.9 Å². The molecule has 36 heavy (non-hydrogen) atoms. The van der Waals surface area contributed by atoms with Crippen LogP contribution < -0.4 is 24.7 Å². The van der Waals surface area contributed by atoms with Gasteiger partial charge in [0.2, 0.25) is 11.5 Å². The van der Waals surface area contributed by atoms with Gasteiger partial charge in [-0.2, -0.15) is 0 Å². The largest absolute Gasteiger partial charge is 0.492 e. The number of carboxylic acid groups (broad SMARTS) is 1. The van der Waals surface area contributed by atoms with Crippen LogP contribution in [-0.4, -0.2) is 62.3 Å². The number of aliphatic carboxylic acids is 1. The molecule has 1 aliphatic heterocycles. The molecule has 0 aliphatic carbocycles. The van der Waals surface area contributed by atoms with Crippen LogP contribution >= 0.6 is 0 Å². The Bertz CT molecular complexity index is 1050. The minimum absolute atomic E-state index is 0.0600. The van der Waals surface area contributed by atoms with Crippen LogP contribution in [-0.2, 0) is 11.2 Å². The fourth-order valence-electron chi connectivity index (χ4n) is 3.94. The highest BCUT2D eigenvalue weighted by Gasteiger charge is 2.31. The number of nitrogens with zero attached hydrogens (tertiary/aromatic N) is 1. The summed E-state index contributed by atoms with van der Waals surface area (Å²) < 4.78 is 22.9. The quantitative estimate of drug-likeness (QED) is 0.464. The van der Waals surface area contributed by atoms with E-state index in [-0.39, 0.29) is 11.9 Å². The van der Waals surface area contributed by atoms with Crippen molar-refractivity contribution in [2.24, 2.45) is 5.73 Å². The first-order valence-electron chi connectivity index (χ1n) is 11.8. The van der Waals surface area contributed by atoms with Crippen molar-refractivity contribution in [1.29, 1.82) is 0 Å². The summed E-state index contributed by atoms with van der Waals surface area (Å²) in [6.07, 6.45) is 6.77. The van der Waals surface area contributed by atoms with Crippen LogP contribution in [0.4, 0.5) is 0 Å². The molecular formula is C27H36N2O7. The molecule has 0 spiro atoms. The third-order valence-electron chi connectivity index (χ3n) is 5.49. The summed E-state index contributed by atoms with van der Waals surface area (Å²) in [5, 5.41) is 7.42. The molecule has 1 amide bonds. The number of hydrogen-bond acceptors (Lipinski definition) is 7. The van der Waals surface area contributed by atoms with E-state index in [4.69, 9.17) is 34.6 Å². The van der Waals surface area contributed by atoms with Gasteiger partial charge >= 0.3 is 0 Å². The number of hydrogen-bond donors (Lipinski definition) is 2. The summed E-state index contributed by atoms with van der Waals surface area (Å²) in [6, 6.07) is 9.39.